The molecule has 2 atom stereocenters. The number of halogens is 1. The number of sulfonamides is 1. The lowest BCUT2D eigenvalue weighted by Gasteiger charge is -2.25. The highest BCUT2D eigenvalue weighted by molar-refractivity contribution is 7.89. The van der Waals surface area contributed by atoms with Gasteiger partial charge in [-0.05, 0) is 61.7 Å². The number of amides is 1. The summed E-state index contributed by atoms with van der Waals surface area (Å²) in [5.41, 5.74) is 7.07. The Hall–Kier alpha value is -2.17. The highest BCUT2D eigenvalue weighted by Crippen LogP contribution is 2.32. The number of hydrazine groups is 1. The summed E-state index contributed by atoms with van der Waals surface area (Å²) >= 11 is 6.01. The summed E-state index contributed by atoms with van der Waals surface area (Å²) < 4.78 is 27.0. The molecule has 0 spiro atoms. The number of hydrogen-bond donors (Lipinski definition) is 4. The summed E-state index contributed by atoms with van der Waals surface area (Å²) in [6, 6.07) is 10.2. The van der Waals surface area contributed by atoms with E-state index in [1.807, 2.05) is 0 Å². The fraction of sp³-hybridized carbons (Fsp3) is 0.381. The molecule has 31 heavy (non-hydrogen) atoms. The van der Waals surface area contributed by atoms with E-state index in [0.717, 1.165) is 19.3 Å². The minimum absolute atomic E-state index is 0.107. The second-order valence-electron chi connectivity index (χ2n) is 7.81. The molecule has 1 amide bonds. The molecule has 2 aromatic rings. The van der Waals surface area contributed by atoms with E-state index in [4.69, 9.17) is 11.6 Å². The summed E-state index contributed by atoms with van der Waals surface area (Å²) in [4.78, 5) is 12.9. The molecule has 0 aliphatic carbocycles. The van der Waals surface area contributed by atoms with Crippen LogP contribution in [0.25, 0.3) is 0 Å². The number of nitrogens with one attached hydrogen (secondary N) is 3. The summed E-state index contributed by atoms with van der Waals surface area (Å²) in [6.45, 7) is 1.09. The first kappa shape index (κ1) is 22.0. The van der Waals surface area contributed by atoms with Crippen molar-refractivity contribution in [2.24, 2.45) is 0 Å². The number of carbonyl (C=O) groups is 1. The lowest BCUT2D eigenvalue weighted by Crippen LogP contribution is -2.39. The zero-order valence-electron chi connectivity index (χ0n) is 16.8. The van der Waals surface area contributed by atoms with Crippen molar-refractivity contribution >= 4 is 33.2 Å². The van der Waals surface area contributed by atoms with E-state index in [9.17, 15) is 18.3 Å². The van der Waals surface area contributed by atoms with Crippen LogP contribution in [0.15, 0.2) is 47.4 Å². The average Bonchev–Trinajstić information content (AvgIpc) is 3.27. The van der Waals surface area contributed by atoms with E-state index in [1.54, 1.807) is 24.3 Å². The summed E-state index contributed by atoms with van der Waals surface area (Å²) in [6.07, 6.45) is 3.23. The largest absolute Gasteiger partial charge is 0.508 e. The molecule has 0 aromatic heterocycles. The maximum absolute atomic E-state index is 12.7. The van der Waals surface area contributed by atoms with Crippen LogP contribution in [-0.2, 0) is 14.8 Å². The first-order valence-corrected chi connectivity index (χ1v) is 12.1. The molecular formula is C21H25ClN4O4S. The number of hydrogen-bond acceptors (Lipinski definition) is 6. The molecule has 2 aromatic carbocycles. The topological polar surface area (TPSA) is 111 Å². The second kappa shape index (κ2) is 9.13. The van der Waals surface area contributed by atoms with Crippen molar-refractivity contribution in [2.75, 3.05) is 18.4 Å². The van der Waals surface area contributed by atoms with Gasteiger partial charge in [-0.1, -0.05) is 18.0 Å². The fourth-order valence-corrected chi connectivity index (χ4v) is 5.63. The predicted octanol–water partition coefficient (Wildman–Crippen LogP) is 2.77. The Morgan fingerprint density at radius 1 is 1.06 bits per heavy atom. The minimum Gasteiger partial charge on any atom is -0.508 e. The molecule has 0 bridgehead atoms. The standard InChI is InChI=1S/C21H25ClN4O4S/c22-14-4-9-20(27)17(12-14)18-13-19(25-24-18)21(28)23-15-5-7-16(8-6-15)31(29,30)26-10-2-1-3-11-26/h4-9,12,18-19,24-25,27H,1-3,10-11,13H2,(H,23,28). The lowest BCUT2D eigenvalue weighted by atomic mass is 10.0. The number of anilines is 1. The number of aromatic hydroxyl groups is 1. The van der Waals surface area contributed by atoms with E-state index in [1.165, 1.54) is 22.5 Å². The van der Waals surface area contributed by atoms with Crippen molar-refractivity contribution < 1.29 is 18.3 Å². The Bertz CT molecular complexity index is 1060. The third-order valence-corrected chi connectivity index (χ3v) is 7.81. The van der Waals surface area contributed by atoms with Gasteiger partial charge in [-0.15, -0.1) is 0 Å². The van der Waals surface area contributed by atoms with Crippen LogP contribution in [-0.4, -0.2) is 42.9 Å². The van der Waals surface area contributed by atoms with Gasteiger partial charge in [-0.2, -0.15) is 4.31 Å². The molecule has 2 heterocycles. The summed E-state index contributed by atoms with van der Waals surface area (Å²) in [5.74, 6) is -0.154. The molecule has 4 rings (SSSR count). The van der Waals surface area contributed by atoms with E-state index >= 15 is 0 Å². The molecule has 2 fully saturated rings. The predicted molar refractivity (Wildman–Crippen MR) is 118 cm³/mol. The third kappa shape index (κ3) is 4.86. The molecular weight excluding hydrogens is 440 g/mol. The van der Waals surface area contributed by atoms with Gasteiger partial charge in [-0.3, -0.25) is 4.79 Å². The van der Waals surface area contributed by atoms with Gasteiger partial charge in [0.15, 0.2) is 0 Å². The first-order chi connectivity index (χ1) is 14.8. The molecule has 0 radical (unpaired) electrons. The summed E-state index contributed by atoms with van der Waals surface area (Å²) in [5, 5.41) is 13.4. The lowest BCUT2D eigenvalue weighted by molar-refractivity contribution is -0.117. The molecule has 2 aliphatic heterocycles. The molecule has 10 heteroatoms. The highest BCUT2D eigenvalue weighted by Gasteiger charge is 2.32. The van der Waals surface area contributed by atoms with Gasteiger partial charge in [0.05, 0.1) is 10.9 Å². The average molecular weight is 465 g/mol. The number of rotatable bonds is 5. The molecule has 2 saturated heterocycles. The van der Waals surface area contributed by atoms with Crippen molar-refractivity contribution in [3.63, 3.8) is 0 Å². The first-order valence-electron chi connectivity index (χ1n) is 10.2. The Kier molecular flexibility index (Phi) is 6.49. The maximum atomic E-state index is 12.7. The van der Waals surface area contributed by atoms with E-state index in [2.05, 4.69) is 16.2 Å². The molecule has 8 nitrogen and oxygen atoms in total. The van der Waals surface area contributed by atoms with Gasteiger partial charge >= 0.3 is 0 Å². The smallest absolute Gasteiger partial charge is 0.243 e. The fourth-order valence-electron chi connectivity index (χ4n) is 3.93. The van der Waals surface area contributed by atoms with Gasteiger partial charge < -0.3 is 10.4 Å². The van der Waals surface area contributed by atoms with Crippen LogP contribution in [0.4, 0.5) is 5.69 Å². The number of phenolic OH excluding ortho intramolecular Hbond substituents is 1. The van der Waals surface area contributed by atoms with Gasteiger partial charge in [0.25, 0.3) is 0 Å². The number of phenols is 1. The number of piperidine rings is 1. The maximum Gasteiger partial charge on any atom is 0.243 e. The van der Waals surface area contributed by atoms with Crippen molar-refractivity contribution in [1.29, 1.82) is 0 Å². The van der Waals surface area contributed by atoms with E-state index in [0.29, 0.717) is 35.8 Å². The number of benzene rings is 2. The Morgan fingerprint density at radius 2 is 1.77 bits per heavy atom. The van der Waals surface area contributed by atoms with Crippen LogP contribution in [0.1, 0.15) is 37.3 Å². The minimum atomic E-state index is -3.50. The zero-order chi connectivity index (χ0) is 22.0. The van der Waals surface area contributed by atoms with E-state index < -0.39 is 16.1 Å². The van der Waals surface area contributed by atoms with Crippen LogP contribution in [0.3, 0.4) is 0 Å². The van der Waals surface area contributed by atoms with Crippen LogP contribution in [0.5, 0.6) is 5.75 Å². The number of carbonyl (C=O) groups excluding carboxylic acids is 1. The second-order valence-corrected chi connectivity index (χ2v) is 10.2. The van der Waals surface area contributed by atoms with Gasteiger partial charge in [-0.25, -0.2) is 19.3 Å². The van der Waals surface area contributed by atoms with E-state index in [-0.39, 0.29) is 22.6 Å². The molecule has 4 N–H and O–H groups in total. The Morgan fingerprint density at radius 3 is 2.48 bits per heavy atom. The van der Waals surface area contributed by atoms with Gasteiger partial charge in [0.2, 0.25) is 15.9 Å². The van der Waals surface area contributed by atoms with Crippen molar-refractivity contribution in [1.82, 2.24) is 15.2 Å². The van der Waals surface area contributed by atoms with Crippen LogP contribution < -0.4 is 16.2 Å². The Labute approximate surface area is 186 Å². The van der Waals surface area contributed by atoms with Crippen molar-refractivity contribution in [2.45, 2.75) is 42.7 Å². The van der Waals surface area contributed by atoms with Crippen LogP contribution in [0.2, 0.25) is 5.02 Å². The molecule has 2 unspecified atom stereocenters. The SMILES string of the molecule is O=C(Nc1ccc(S(=O)(=O)N2CCCCC2)cc1)C1CC(c2cc(Cl)ccc2O)NN1. The molecule has 2 aliphatic rings. The van der Waals surface area contributed by atoms with Gasteiger partial charge in [0.1, 0.15) is 11.8 Å². The van der Waals surface area contributed by atoms with Gasteiger partial charge in [0, 0.05) is 29.4 Å². The monoisotopic (exact) mass is 464 g/mol. The van der Waals surface area contributed by atoms with Crippen molar-refractivity contribution in [3.8, 4) is 5.75 Å². The normalized spacial score (nSPS) is 22.4. The molecule has 166 valence electrons. The van der Waals surface area contributed by atoms with Crippen molar-refractivity contribution in [3.05, 3.63) is 53.1 Å². The summed E-state index contributed by atoms with van der Waals surface area (Å²) in [7, 11) is -3.50. The van der Waals surface area contributed by atoms with Crippen LogP contribution in [0, 0.1) is 0 Å². The third-order valence-electron chi connectivity index (χ3n) is 5.66. The Balaban J connectivity index is 1.38. The highest BCUT2D eigenvalue weighted by atomic mass is 35.5. The zero-order valence-corrected chi connectivity index (χ0v) is 18.4. The molecule has 0 saturated carbocycles. The quantitative estimate of drug-likeness (QED) is 0.541. The van der Waals surface area contributed by atoms with Crippen LogP contribution >= 0.6 is 11.6 Å². The number of nitrogens with zero attached hydrogens (tertiary/aromatic N) is 1.